The van der Waals surface area contributed by atoms with Crippen molar-refractivity contribution in [2.24, 2.45) is 0 Å². The lowest BCUT2D eigenvalue weighted by molar-refractivity contribution is 0.0741. The zero-order valence-electron chi connectivity index (χ0n) is 16.5. The second-order valence-corrected chi connectivity index (χ2v) is 6.73. The number of carbonyl (C=O) groups is 1. The van der Waals surface area contributed by atoms with E-state index in [-0.39, 0.29) is 11.9 Å². The van der Waals surface area contributed by atoms with E-state index in [1.54, 1.807) is 42.2 Å². The summed E-state index contributed by atoms with van der Waals surface area (Å²) in [6, 6.07) is 11.1. The minimum atomic E-state index is -0.133. The molecule has 0 saturated heterocycles. The van der Waals surface area contributed by atoms with E-state index in [1.807, 2.05) is 31.2 Å². The Morgan fingerprint density at radius 1 is 1.21 bits per heavy atom. The van der Waals surface area contributed by atoms with Crippen molar-refractivity contribution >= 4 is 5.91 Å². The molecule has 0 radical (unpaired) electrons. The molecule has 29 heavy (non-hydrogen) atoms. The highest BCUT2D eigenvalue weighted by molar-refractivity contribution is 5.95. The van der Waals surface area contributed by atoms with E-state index in [2.05, 4.69) is 10.1 Å². The molecule has 1 aliphatic heterocycles. The summed E-state index contributed by atoms with van der Waals surface area (Å²) in [6.45, 7) is 2.88. The SMILES string of the molecule is COc1cc(C(=O)N(C)[C@@H](C)c2ccc(-n3cncn3)cc2)cc2c1OCCO2. The summed E-state index contributed by atoms with van der Waals surface area (Å²) in [7, 11) is 3.33. The van der Waals surface area contributed by atoms with Crippen LogP contribution in [0.25, 0.3) is 5.69 Å². The third-order valence-corrected chi connectivity index (χ3v) is 5.04. The van der Waals surface area contributed by atoms with Crippen molar-refractivity contribution in [2.45, 2.75) is 13.0 Å². The molecule has 0 bridgehead atoms. The van der Waals surface area contributed by atoms with E-state index in [0.29, 0.717) is 36.0 Å². The Kier molecular flexibility index (Phi) is 5.07. The van der Waals surface area contributed by atoms with Gasteiger partial charge in [-0.15, -0.1) is 0 Å². The summed E-state index contributed by atoms with van der Waals surface area (Å²) in [5, 5.41) is 4.12. The van der Waals surface area contributed by atoms with Gasteiger partial charge < -0.3 is 19.1 Å². The number of rotatable bonds is 5. The summed E-state index contributed by atoms with van der Waals surface area (Å²) in [5.74, 6) is 1.42. The van der Waals surface area contributed by atoms with Crippen LogP contribution in [-0.2, 0) is 0 Å². The quantitative estimate of drug-likeness (QED) is 0.662. The van der Waals surface area contributed by atoms with Crippen molar-refractivity contribution in [2.75, 3.05) is 27.4 Å². The monoisotopic (exact) mass is 394 g/mol. The molecule has 1 aliphatic rings. The van der Waals surface area contributed by atoms with E-state index < -0.39 is 0 Å². The van der Waals surface area contributed by atoms with Crippen LogP contribution < -0.4 is 14.2 Å². The number of nitrogens with zero attached hydrogens (tertiary/aromatic N) is 4. The van der Waals surface area contributed by atoms with Gasteiger partial charge in [-0.25, -0.2) is 9.67 Å². The fraction of sp³-hybridized carbons (Fsp3) is 0.286. The molecule has 0 spiro atoms. The van der Waals surface area contributed by atoms with Crippen LogP contribution in [0.5, 0.6) is 17.2 Å². The summed E-state index contributed by atoms with van der Waals surface area (Å²) in [5.41, 5.74) is 2.40. The van der Waals surface area contributed by atoms with Gasteiger partial charge in [-0.1, -0.05) is 12.1 Å². The van der Waals surface area contributed by atoms with Crippen molar-refractivity contribution in [3.8, 4) is 22.9 Å². The van der Waals surface area contributed by atoms with Crippen LogP contribution in [0.4, 0.5) is 0 Å². The first-order chi connectivity index (χ1) is 14.1. The number of carbonyl (C=O) groups excluding carboxylic acids is 1. The number of methoxy groups -OCH3 is 1. The number of benzene rings is 2. The highest BCUT2D eigenvalue weighted by Gasteiger charge is 2.24. The predicted octanol–water partition coefficient (Wildman–Crippen LogP) is 2.88. The summed E-state index contributed by atoms with van der Waals surface area (Å²) >= 11 is 0. The van der Waals surface area contributed by atoms with Crippen LogP contribution >= 0.6 is 0 Å². The Morgan fingerprint density at radius 2 is 1.97 bits per heavy atom. The van der Waals surface area contributed by atoms with Gasteiger partial charge in [-0.05, 0) is 36.8 Å². The fourth-order valence-corrected chi connectivity index (χ4v) is 3.25. The molecule has 0 fully saturated rings. The number of fused-ring (bicyclic) bond motifs is 1. The molecular formula is C21H22N4O4. The van der Waals surface area contributed by atoms with E-state index in [1.165, 1.54) is 6.33 Å². The lowest BCUT2D eigenvalue weighted by Crippen LogP contribution is -2.30. The predicted molar refractivity (Wildman–Crippen MR) is 106 cm³/mol. The van der Waals surface area contributed by atoms with Gasteiger partial charge in [0.25, 0.3) is 5.91 Å². The first-order valence-electron chi connectivity index (χ1n) is 9.28. The normalized spacial score (nSPS) is 13.6. The van der Waals surface area contributed by atoms with Gasteiger partial charge in [0.15, 0.2) is 11.5 Å². The molecule has 0 N–H and O–H groups in total. The summed E-state index contributed by atoms with van der Waals surface area (Å²) in [4.78, 5) is 18.8. The van der Waals surface area contributed by atoms with Crippen LogP contribution in [0, 0.1) is 0 Å². The minimum Gasteiger partial charge on any atom is -0.493 e. The van der Waals surface area contributed by atoms with E-state index >= 15 is 0 Å². The molecule has 1 amide bonds. The maximum Gasteiger partial charge on any atom is 0.254 e. The highest BCUT2D eigenvalue weighted by Crippen LogP contribution is 2.40. The van der Waals surface area contributed by atoms with Crippen LogP contribution in [-0.4, -0.2) is 52.9 Å². The molecule has 1 atom stereocenters. The molecule has 4 rings (SSSR count). The number of hydrogen-bond donors (Lipinski definition) is 0. The Bertz CT molecular complexity index is 985. The molecule has 0 unspecified atom stereocenters. The molecule has 8 heteroatoms. The van der Waals surface area contributed by atoms with Crippen molar-refractivity contribution in [1.82, 2.24) is 19.7 Å². The first kappa shape index (κ1) is 18.8. The van der Waals surface area contributed by atoms with Gasteiger partial charge in [-0.3, -0.25) is 4.79 Å². The second kappa shape index (κ2) is 7.83. The minimum absolute atomic E-state index is 0.131. The first-order valence-corrected chi connectivity index (χ1v) is 9.28. The number of amides is 1. The fourth-order valence-electron chi connectivity index (χ4n) is 3.25. The molecule has 0 saturated carbocycles. The lowest BCUT2D eigenvalue weighted by Gasteiger charge is -2.27. The average Bonchev–Trinajstić information content (AvgIpc) is 3.32. The molecule has 150 valence electrons. The molecule has 1 aromatic heterocycles. The van der Waals surface area contributed by atoms with Gasteiger partial charge in [0.1, 0.15) is 25.9 Å². The molecular weight excluding hydrogens is 372 g/mol. The van der Waals surface area contributed by atoms with Crippen LogP contribution in [0.3, 0.4) is 0 Å². The second-order valence-electron chi connectivity index (χ2n) is 6.73. The van der Waals surface area contributed by atoms with Gasteiger partial charge in [-0.2, -0.15) is 5.10 Å². The zero-order chi connectivity index (χ0) is 20.4. The van der Waals surface area contributed by atoms with Gasteiger partial charge in [0.2, 0.25) is 5.75 Å². The van der Waals surface area contributed by atoms with Crippen molar-refractivity contribution in [1.29, 1.82) is 0 Å². The third-order valence-electron chi connectivity index (χ3n) is 5.04. The highest BCUT2D eigenvalue weighted by atomic mass is 16.6. The molecule has 0 aliphatic carbocycles. The number of aromatic nitrogens is 3. The lowest BCUT2D eigenvalue weighted by atomic mass is 10.1. The van der Waals surface area contributed by atoms with E-state index in [4.69, 9.17) is 14.2 Å². The summed E-state index contributed by atoms with van der Waals surface area (Å²) < 4.78 is 18.3. The van der Waals surface area contributed by atoms with Crippen molar-refractivity contribution in [3.05, 3.63) is 60.2 Å². The van der Waals surface area contributed by atoms with E-state index in [0.717, 1.165) is 11.3 Å². The Morgan fingerprint density at radius 3 is 2.66 bits per heavy atom. The third kappa shape index (κ3) is 3.61. The topological polar surface area (TPSA) is 78.7 Å². The maximum atomic E-state index is 13.1. The average molecular weight is 394 g/mol. The molecule has 2 aromatic carbocycles. The maximum absolute atomic E-state index is 13.1. The van der Waals surface area contributed by atoms with Crippen LogP contribution in [0.2, 0.25) is 0 Å². The van der Waals surface area contributed by atoms with Gasteiger partial charge >= 0.3 is 0 Å². The zero-order valence-corrected chi connectivity index (χ0v) is 16.5. The summed E-state index contributed by atoms with van der Waals surface area (Å²) in [6.07, 6.45) is 3.13. The van der Waals surface area contributed by atoms with Crippen LogP contribution in [0.15, 0.2) is 49.1 Å². The van der Waals surface area contributed by atoms with Gasteiger partial charge in [0.05, 0.1) is 18.8 Å². The smallest absolute Gasteiger partial charge is 0.254 e. The Labute approximate surface area is 168 Å². The standard InChI is InChI=1S/C21H22N4O4/c1-14(15-4-6-17(7-5-15)25-13-22-12-23-25)24(2)21(26)16-10-18(27-3)20-19(11-16)28-8-9-29-20/h4-7,10-14H,8-9H2,1-3H3/t14-/m0/s1. The Hall–Kier alpha value is -3.55. The number of hydrogen-bond acceptors (Lipinski definition) is 6. The molecule has 2 heterocycles. The van der Waals surface area contributed by atoms with E-state index in [9.17, 15) is 4.79 Å². The Balaban J connectivity index is 1.56. The van der Waals surface area contributed by atoms with Crippen molar-refractivity contribution in [3.63, 3.8) is 0 Å². The molecule has 3 aromatic rings. The van der Waals surface area contributed by atoms with Crippen LogP contribution in [0.1, 0.15) is 28.9 Å². The van der Waals surface area contributed by atoms with Gasteiger partial charge in [0, 0.05) is 12.6 Å². The number of ether oxygens (including phenoxy) is 3. The largest absolute Gasteiger partial charge is 0.493 e. The van der Waals surface area contributed by atoms with Crippen molar-refractivity contribution < 1.29 is 19.0 Å². The molecule has 8 nitrogen and oxygen atoms in total.